The number of amides is 3. The lowest BCUT2D eigenvalue weighted by Gasteiger charge is -2.34. The molecule has 1 saturated carbocycles. The van der Waals surface area contributed by atoms with Gasteiger partial charge in [0.1, 0.15) is 16.7 Å². The van der Waals surface area contributed by atoms with Crippen molar-refractivity contribution >= 4 is 40.6 Å². The first-order valence-corrected chi connectivity index (χ1v) is 13.8. The topological polar surface area (TPSA) is 131 Å². The van der Waals surface area contributed by atoms with Crippen LogP contribution in [0.25, 0.3) is 0 Å². The first kappa shape index (κ1) is 28.2. The van der Waals surface area contributed by atoms with Crippen LogP contribution < -0.4 is 21.7 Å². The normalized spacial score (nSPS) is 15.0. The van der Waals surface area contributed by atoms with Crippen molar-refractivity contribution in [1.82, 2.24) is 9.69 Å². The lowest BCUT2D eigenvalue weighted by atomic mass is 9.84. The number of nitrogens with zero attached hydrogens (tertiary/aromatic N) is 2. The second-order valence-electron chi connectivity index (χ2n) is 10.9. The predicted molar refractivity (Wildman–Crippen MR) is 151 cm³/mol. The molecule has 0 spiro atoms. The minimum absolute atomic E-state index is 0.0178. The van der Waals surface area contributed by atoms with Crippen molar-refractivity contribution in [3.63, 3.8) is 0 Å². The number of anilines is 2. The van der Waals surface area contributed by atoms with Gasteiger partial charge in [-0.25, -0.2) is 4.39 Å². The van der Waals surface area contributed by atoms with Crippen molar-refractivity contribution in [3.8, 4) is 0 Å². The van der Waals surface area contributed by atoms with E-state index in [1.165, 1.54) is 54.0 Å². The number of hydrogen-bond donors (Lipinski definition) is 3. The zero-order valence-electron chi connectivity index (χ0n) is 22.4. The van der Waals surface area contributed by atoms with Gasteiger partial charge in [0.2, 0.25) is 5.91 Å². The van der Waals surface area contributed by atoms with E-state index >= 15 is 0 Å². The molecule has 1 aliphatic carbocycles. The Morgan fingerprint density at radius 3 is 2.18 bits per heavy atom. The van der Waals surface area contributed by atoms with E-state index in [4.69, 9.17) is 11.5 Å². The van der Waals surface area contributed by atoms with E-state index in [1.54, 1.807) is 0 Å². The largest absolute Gasteiger partial charge is 0.395 e. The summed E-state index contributed by atoms with van der Waals surface area (Å²) in [4.78, 5) is 41.1. The Balaban J connectivity index is 1.85. The molecule has 0 saturated heterocycles. The highest BCUT2D eigenvalue weighted by molar-refractivity contribution is 7.09. The quantitative estimate of drug-likeness (QED) is 0.366. The van der Waals surface area contributed by atoms with Crippen LogP contribution in [-0.4, -0.2) is 27.6 Å². The van der Waals surface area contributed by atoms with Crippen molar-refractivity contribution < 1.29 is 18.8 Å². The number of nitrogens with two attached hydrogens (primary N) is 2. The number of nitrogen functional groups attached to an aromatic ring is 1. The highest BCUT2D eigenvalue weighted by Gasteiger charge is 2.37. The van der Waals surface area contributed by atoms with E-state index in [-0.39, 0.29) is 16.3 Å². The zero-order chi connectivity index (χ0) is 28.3. The number of hydrogen-bond acceptors (Lipinski definition) is 6. The van der Waals surface area contributed by atoms with Gasteiger partial charge >= 0.3 is 0 Å². The number of aromatic nitrogens is 1. The summed E-state index contributed by atoms with van der Waals surface area (Å²) in [5, 5.41) is 2.95. The number of primary amides is 1. The van der Waals surface area contributed by atoms with Gasteiger partial charge in [0.05, 0.1) is 5.69 Å². The van der Waals surface area contributed by atoms with Crippen LogP contribution in [0.15, 0.2) is 48.5 Å². The van der Waals surface area contributed by atoms with E-state index in [1.807, 2.05) is 45.0 Å². The van der Waals surface area contributed by atoms with Crippen molar-refractivity contribution in [2.24, 2.45) is 5.73 Å². The Hall–Kier alpha value is -3.79. The summed E-state index contributed by atoms with van der Waals surface area (Å²) < 4.78 is 17.9. The molecule has 10 heteroatoms. The van der Waals surface area contributed by atoms with E-state index < -0.39 is 35.1 Å². The van der Waals surface area contributed by atoms with Gasteiger partial charge < -0.3 is 16.8 Å². The lowest BCUT2D eigenvalue weighted by molar-refractivity contribution is -0.123. The van der Waals surface area contributed by atoms with Crippen molar-refractivity contribution in [1.29, 1.82) is 0 Å². The fourth-order valence-electron chi connectivity index (χ4n) is 4.97. The van der Waals surface area contributed by atoms with Gasteiger partial charge in [0.15, 0.2) is 5.69 Å². The van der Waals surface area contributed by atoms with E-state index in [0.29, 0.717) is 17.2 Å². The van der Waals surface area contributed by atoms with Crippen LogP contribution >= 0.6 is 11.5 Å². The smallest absolute Gasteiger partial charge is 0.273 e. The molecule has 0 radical (unpaired) electrons. The minimum Gasteiger partial charge on any atom is -0.395 e. The molecule has 1 aliphatic rings. The minimum atomic E-state index is -1.17. The molecule has 8 nitrogen and oxygen atoms in total. The van der Waals surface area contributed by atoms with Crippen molar-refractivity contribution in [2.45, 2.75) is 70.4 Å². The van der Waals surface area contributed by atoms with Crippen LogP contribution in [0.3, 0.4) is 0 Å². The number of rotatable bonds is 7. The van der Waals surface area contributed by atoms with Crippen LogP contribution in [-0.2, 0) is 4.79 Å². The zero-order valence-corrected chi connectivity index (χ0v) is 23.2. The Morgan fingerprint density at radius 1 is 1.03 bits per heavy atom. The van der Waals surface area contributed by atoms with Crippen LogP contribution in [0.4, 0.5) is 15.8 Å². The third-order valence-electron chi connectivity index (χ3n) is 6.81. The monoisotopic (exact) mass is 551 g/mol. The molecule has 1 heterocycles. The number of halogens is 1. The predicted octanol–water partition coefficient (Wildman–Crippen LogP) is 5.31. The van der Waals surface area contributed by atoms with Gasteiger partial charge in [-0.05, 0) is 86.5 Å². The number of nitrogens with one attached hydrogen (secondary N) is 1. The van der Waals surface area contributed by atoms with Crippen LogP contribution in [0.1, 0.15) is 96.1 Å². The van der Waals surface area contributed by atoms with Gasteiger partial charge in [-0.15, -0.1) is 0 Å². The number of carbonyl (C=O) groups is 3. The van der Waals surface area contributed by atoms with Gasteiger partial charge in [0, 0.05) is 11.2 Å². The molecule has 1 aromatic heterocycles. The third kappa shape index (κ3) is 6.44. The summed E-state index contributed by atoms with van der Waals surface area (Å²) in [6.07, 6.45) is 5.83. The van der Waals surface area contributed by atoms with E-state index in [0.717, 1.165) is 24.4 Å². The Morgan fingerprint density at radius 2 is 1.64 bits per heavy atom. The fraction of sp³-hybridized carbons (Fsp3) is 0.379. The maximum atomic E-state index is 14.2. The van der Waals surface area contributed by atoms with E-state index in [9.17, 15) is 18.8 Å². The SMILES string of the molecule is CC(C)(C)NC(=O)[C@H](c1ccc(F)cc1)N(C(=O)c1snc(C(N)=O)c1N)c1ccc(C2CCCCC2)cc1. The Labute approximate surface area is 231 Å². The van der Waals surface area contributed by atoms with E-state index in [2.05, 4.69) is 9.69 Å². The molecule has 5 N–H and O–H groups in total. The fourth-order valence-corrected chi connectivity index (χ4v) is 5.71. The van der Waals surface area contributed by atoms with Gasteiger partial charge in [-0.1, -0.05) is 43.5 Å². The molecule has 4 rings (SSSR count). The summed E-state index contributed by atoms with van der Waals surface area (Å²) in [7, 11) is 0. The third-order valence-corrected chi connectivity index (χ3v) is 7.66. The van der Waals surface area contributed by atoms with Crippen LogP contribution in [0, 0.1) is 5.82 Å². The van der Waals surface area contributed by atoms with Crippen LogP contribution in [0.5, 0.6) is 0 Å². The maximum absolute atomic E-state index is 14.2. The molecule has 0 bridgehead atoms. The van der Waals surface area contributed by atoms with Gasteiger partial charge in [0.25, 0.3) is 11.8 Å². The Kier molecular flexibility index (Phi) is 8.34. The molecule has 39 heavy (non-hydrogen) atoms. The summed E-state index contributed by atoms with van der Waals surface area (Å²) in [5.41, 5.74) is 12.6. The average Bonchev–Trinajstić information content (AvgIpc) is 3.29. The molecule has 0 aliphatic heterocycles. The number of benzene rings is 2. The van der Waals surface area contributed by atoms with Gasteiger partial charge in [-0.3, -0.25) is 19.3 Å². The second-order valence-corrected chi connectivity index (χ2v) is 11.7. The van der Waals surface area contributed by atoms with Crippen molar-refractivity contribution in [2.75, 3.05) is 10.6 Å². The molecule has 2 aromatic carbocycles. The summed E-state index contributed by atoms with van der Waals surface area (Å²) in [5.74, 6) is -1.96. The second kappa shape index (κ2) is 11.5. The molecule has 3 aromatic rings. The van der Waals surface area contributed by atoms with Crippen LogP contribution in [0.2, 0.25) is 0 Å². The first-order chi connectivity index (χ1) is 18.5. The molecule has 3 amide bonds. The summed E-state index contributed by atoms with van der Waals surface area (Å²) in [6.45, 7) is 5.49. The average molecular weight is 552 g/mol. The number of carbonyl (C=O) groups excluding carboxylic acids is 3. The molecule has 206 valence electrons. The molecule has 1 atom stereocenters. The van der Waals surface area contributed by atoms with Gasteiger partial charge in [-0.2, -0.15) is 4.37 Å². The Bertz CT molecular complexity index is 1340. The molecule has 1 fully saturated rings. The van der Waals surface area contributed by atoms with Crippen molar-refractivity contribution in [3.05, 3.63) is 76.0 Å². The summed E-state index contributed by atoms with van der Waals surface area (Å²) >= 11 is 0.743. The molecular weight excluding hydrogens is 517 g/mol. The highest BCUT2D eigenvalue weighted by Crippen LogP contribution is 2.37. The molecule has 0 unspecified atom stereocenters. The molecular formula is C29H34FN5O3S. The lowest BCUT2D eigenvalue weighted by Crippen LogP contribution is -2.49. The first-order valence-electron chi connectivity index (χ1n) is 13.0. The summed E-state index contributed by atoms with van der Waals surface area (Å²) in [6, 6.07) is 11.9. The highest BCUT2D eigenvalue weighted by atomic mass is 32.1. The maximum Gasteiger partial charge on any atom is 0.273 e. The standard InChI is InChI=1S/C29H34FN5O3S/c1-29(2,3)33-27(37)24(19-9-13-20(30)14-10-19)35(28(38)25-22(31)23(26(32)36)34-39-25)21-15-11-18(12-16-21)17-7-5-4-6-8-17/h9-17,24H,4-8,31H2,1-3H3,(H2,32,36)(H,33,37)/t24-/m0/s1.